The second kappa shape index (κ2) is 7.39. The third kappa shape index (κ3) is 4.04. The van der Waals surface area contributed by atoms with Crippen molar-refractivity contribution < 1.29 is 4.74 Å². The largest absolute Gasteiger partial charge is 0.367 e. The Hall–Kier alpha value is -1.42. The first-order valence-corrected chi connectivity index (χ1v) is 7.10. The van der Waals surface area contributed by atoms with E-state index in [1.54, 1.807) is 6.20 Å². The molecule has 106 valence electrons. The molecule has 1 aromatic heterocycles. The van der Waals surface area contributed by atoms with Crippen LogP contribution >= 0.6 is 11.6 Å². The van der Waals surface area contributed by atoms with Gasteiger partial charge in [-0.25, -0.2) is 0 Å². The highest BCUT2D eigenvalue weighted by molar-refractivity contribution is 6.30. The summed E-state index contributed by atoms with van der Waals surface area (Å²) in [4.78, 5) is 4.14. The smallest absolute Gasteiger partial charge is 0.0994 e. The van der Waals surface area contributed by atoms with Gasteiger partial charge >= 0.3 is 0 Å². The second-order valence-corrected chi connectivity index (χ2v) is 5.15. The number of benzene rings is 1. The summed E-state index contributed by atoms with van der Waals surface area (Å²) in [5.41, 5.74) is 8.25. The minimum atomic E-state index is -0.149. The maximum Gasteiger partial charge on any atom is 0.0994 e. The number of hydrogen-bond acceptors (Lipinski definition) is 3. The molecule has 0 spiro atoms. The van der Waals surface area contributed by atoms with Crippen molar-refractivity contribution in [1.82, 2.24) is 4.98 Å². The van der Waals surface area contributed by atoms with Crippen LogP contribution in [0.25, 0.3) is 0 Å². The Bertz CT molecular complexity index is 516. The molecule has 0 fully saturated rings. The topological polar surface area (TPSA) is 48.1 Å². The number of rotatable bonds is 6. The zero-order chi connectivity index (χ0) is 14.4. The van der Waals surface area contributed by atoms with Gasteiger partial charge in [0.2, 0.25) is 0 Å². The van der Waals surface area contributed by atoms with Gasteiger partial charge in [-0.2, -0.15) is 0 Å². The molecular weight excluding hydrogens is 272 g/mol. The van der Waals surface area contributed by atoms with E-state index in [1.807, 2.05) is 42.6 Å². The van der Waals surface area contributed by atoms with Crippen LogP contribution in [0.1, 0.15) is 30.6 Å². The number of nitrogens with zero attached hydrogens (tertiary/aromatic N) is 1. The zero-order valence-electron chi connectivity index (χ0n) is 11.5. The summed E-state index contributed by atoms with van der Waals surface area (Å²) < 4.78 is 6.00. The molecule has 1 aromatic carbocycles. The summed E-state index contributed by atoms with van der Waals surface area (Å²) in [6.07, 6.45) is 4.25. The van der Waals surface area contributed by atoms with Crippen LogP contribution in [0.2, 0.25) is 5.02 Å². The molecule has 0 saturated heterocycles. The predicted molar refractivity (Wildman–Crippen MR) is 81.5 cm³/mol. The highest BCUT2D eigenvalue weighted by Gasteiger charge is 2.19. The van der Waals surface area contributed by atoms with E-state index < -0.39 is 0 Å². The summed E-state index contributed by atoms with van der Waals surface area (Å²) >= 11 is 5.87. The summed E-state index contributed by atoms with van der Waals surface area (Å²) in [5, 5.41) is 0.725. The van der Waals surface area contributed by atoms with Crippen molar-refractivity contribution in [3.05, 3.63) is 64.9 Å². The van der Waals surface area contributed by atoms with Gasteiger partial charge in [0.05, 0.1) is 12.7 Å². The van der Waals surface area contributed by atoms with Crippen LogP contribution in [0.3, 0.4) is 0 Å². The first-order chi connectivity index (χ1) is 9.70. The quantitative estimate of drug-likeness (QED) is 0.882. The van der Waals surface area contributed by atoms with Crippen molar-refractivity contribution in [1.29, 1.82) is 0 Å². The van der Waals surface area contributed by atoms with Crippen LogP contribution in [0.4, 0.5) is 0 Å². The van der Waals surface area contributed by atoms with Crippen LogP contribution in [0.5, 0.6) is 0 Å². The molecule has 4 heteroatoms. The molecule has 2 aromatic rings. The number of hydrogen-bond donors (Lipinski definition) is 1. The average molecular weight is 291 g/mol. The monoisotopic (exact) mass is 290 g/mol. The van der Waals surface area contributed by atoms with Crippen LogP contribution < -0.4 is 5.73 Å². The molecular formula is C16H19ClN2O. The van der Waals surface area contributed by atoms with Crippen molar-refractivity contribution in [2.24, 2.45) is 5.73 Å². The Morgan fingerprint density at radius 3 is 2.60 bits per heavy atom. The molecule has 0 aliphatic carbocycles. The fourth-order valence-electron chi connectivity index (χ4n) is 1.99. The van der Waals surface area contributed by atoms with E-state index in [0.717, 1.165) is 22.6 Å². The van der Waals surface area contributed by atoms with Gasteiger partial charge in [0.25, 0.3) is 0 Å². The number of halogens is 1. The van der Waals surface area contributed by atoms with Crippen molar-refractivity contribution in [2.45, 2.75) is 32.1 Å². The SMILES string of the molecule is CCC(N)C(OCc1ccc(Cl)cc1)c1cccnc1. The fraction of sp³-hybridized carbons (Fsp3) is 0.312. The molecule has 0 amide bonds. The van der Waals surface area contributed by atoms with Gasteiger partial charge in [-0.3, -0.25) is 4.98 Å². The van der Waals surface area contributed by atoms with Crippen LogP contribution in [-0.4, -0.2) is 11.0 Å². The average Bonchev–Trinajstić information content (AvgIpc) is 2.50. The lowest BCUT2D eigenvalue weighted by atomic mass is 10.0. The van der Waals surface area contributed by atoms with E-state index in [4.69, 9.17) is 22.1 Å². The molecule has 0 saturated carbocycles. The van der Waals surface area contributed by atoms with E-state index in [2.05, 4.69) is 11.9 Å². The lowest BCUT2D eigenvalue weighted by molar-refractivity contribution is 0.0210. The Balaban J connectivity index is 2.07. The van der Waals surface area contributed by atoms with Crippen molar-refractivity contribution >= 4 is 11.6 Å². The van der Waals surface area contributed by atoms with E-state index >= 15 is 0 Å². The van der Waals surface area contributed by atoms with Gasteiger partial charge < -0.3 is 10.5 Å². The summed E-state index contributed by atoms with van der Waals surface area (Å²) in [7, 11) is 0. The number of aromatic nitrogens is 1. The molecule has 0 radical (unpaired) electrons. The minimum Gasteiger partial charge on any atom is -0.367 e. The maximum atomic E-state index is 6.16. The highest BCUT2D eigenvalue weighted by atomic mass is 35.5. The maximum absolute atomic E-state index is 6.16. The fourth-order valence-corrected chi connectivity index (χ4v) is 2.12. The molecule has 2 rings (SSSR count). The molecule has 0 aliphatic heterocycles. The minimum absolute atomic E-state index is 0.0495. The highest BCUT2D eigenvalue weighted by Crippen LogP contribution is 2.23. The van der Waals surface area contributed by atoms with Gasteiger partial charge in [0, 0.05) is 29.0 Å². The Labute approximate surface area is 124 Å². The van der Waals surface area contributed by atoms with Crippen molar-refractivity contribution in [3.63, 3.8) is 0 Å². The summed E-state index contributed by atoms with van der Waals surface area (Å²) in [6.45, 7) is 2.56. The van der Waals surface area contributed by atoms with Crippen LogP contribution in [-0.2, 0) is 11.3 Å². The molecule has 3 nitrogen and oxygen atoms in total. The number of nitrogens with two attached hydrogens (primary N) is 1. The van der Waals surface area contributed by atoms with Gasteiger partial charge in [-0.05, 0) is 30.2 Å². The predicted octanol–water partition coefficient (Wildman–Crippen LogP) is 3.73. The van der Waals surface area contributed by atoms with Crippen LogP contribution in [0.15, 0.2) is 48.8 Å². The number of pyridine rings is 1. The van der Waals surface area contributed by atoms with Gasteiger partial charge in [-0.15, -0.1) is 0 Å². The first kappa shape index (κ1) is 15.0. The second-order valence-electron chi connectivity index (χ2n) is 4.72. The van der Waals surface area contributed by atoms with Crippen molar-refractivity contribution in [3.8, 4) is 0 Å². The van der Waals surface area contributed by atoms with E-state index in [9.17, 15) is 0 Å². The normalized spacial score (nSPS) is 13.9. The van der Waals surface area contributed by atoms with Gasteiger partial charge in [0.1, 0.15) is 0 Å². The lowest BCUT2D eigenvalue weighted by Crippen LogP contribution is -2.29. The Morgan fingerprint density at radius 2 is 2.00 bits per heavy atom. The van der Waals surface area contributed by atoms with Crippen molar-refractivity contribution in [2.75, 3.05) is 0 Å². The molecule has 2 N–H and O–H groups in total. The standard InChI is InChI=1S/C16H19ClN2O/c1-2-15(18)16(13-4-3-9-19-10-13)20-11-12-5-7-14(17)8-6-12/h3-10,15-16H,2,11,18H2,1H3. The summed E-state index contributed by atoms with van der Waals surface area (Å²) in [6, 6.07) is 11.5. The van der Waals surface area contributed by atoms with E-state index in [-0.39, 0.29) is 12.1 Å². The Kier molecular flexibility index (Phi) is 5.53. The number of ether oxygens (including phenoxy) is 1. The van der Waals surface area contributed by atoms with Gasteiger partial charge in [0.15, 0.2) is 0 Å². The third-order valence-corrected chi connectivity index (χ3v) is 3.47. The summed E-state index contributed by atoms with van der Waals surface area (Å²) in [5.74, 6) is 0. The zero-order valence-corrected chi connectivity index (χ0v) is 12.3. The molecule has 20 heavy (non-hydrogen) atoms. The third-order valence-electron chi connectivity index (χ3n) is 3.22. The molecule has 0 bridgehead atoms. The van der Waals surface area contributed by atoms with E-state index in [0.29, 0.717) is 6.61 Å². The van der Waals surface area contributed by atoms with Crippen LogP contribution in [0, 0.1) is 0 Å². The lowest BCUT2D eigenvalue weighted by Gasteiger charge is -2.23. The molecule has 2 unspecified atom stereocenters. The van der Waals surface area contributed by atoms with Gasteiger partial charge in [-0.1, -0.05) is 36.7 Å². The first-order valence-electron chi connectivity index (χ1n) is 6.72. The molecule has 1 heterocycles. The Morgan fingerprint density at radius 1 is 1.25 bits per heavy atom. The van der Waals surface area contributed by atoms with E-state index in [1.165, 1.54) is 0 Å². The molecule has 2 atom stereocenters. The molecule has 0 aliphatic rings.